The van der Waals surface area contributed by atoms with Crippen molar-refractivity contribution in [1.29, 1.82) is 0 Å². The Morgan fingerprint density at radius 2 is 1.93 bits per heavy atom. The summed E-state index contributed by atoms with van der Waals surface area (Å²) in [4.78, 5) is 29.8. The predicted molar refractivity (Wildman–Crippen MR) is 104 cm³/mol. The van der Waals surface area contributed by atoms with Crippen LogP contribution in [-0.4, -0.2) is 36.1 Å². The molecule has 0 radical (unpaired) electrons. The Morgan fingerprint density at radius 1 is 1.22 bits per heavy atom. The van der Waals surface area contributed by atoms with E-state index in [1.54, 1.807) is 26.3 Å². The quantitative estimate of drug-likeness (QED) is 0.761. The molecule has 138 valence electrons. The van der Waals surface area contributed by atoms with Crippen molar-refractivity contribution in [1.82, 2.24) is 4.90 Å². The summed E-state index contributed by atoms with van der Waals surface area (Å²) >= 11 is 1.27. The van der Waals surface area contributed by atoms with Crippen molar-refractivity contribution in [2.45, 2.75) is 6.92 Å². The highest BCUT2D eigenvalue weighted by Gasteiger charge is 2.30. The van der Waals surface area contributed by atoms with Gasteiger partial charge < -0.3 is 14.6 Å². The molecule has 2 aromatic rings. The van der Waals surface area contributed by atoms with Crippen LogP contribution in [0.4, 0.5) is 5.69 Å². The molecule has 1 aliphatic heterocycles. The first-order valence-electron chi connectivity index (χ1n) is 8.11. The Morgan fingerprint density at radius 3 is 2.52 bits per heavy atom. The highest BCUT2D eigenvalue weighted by Crippen LogP contribution is 2.34. The van der Waals surface area contributed by atoms with Crippen molar-refractivity contribution < 1.29 is 19.4 Å². The number of aromatic carboxylic acids is 1. The molecule has 0 bridgehead atoms. The number of carboxylic acids is 1. The monoisotopic (exact) mass is 381 g/mol. The lowest BCUT2D eigenvalue weighted by atomic mass is 10.1. The minimum atomic E-state index is -1.24. The summed E-state index contributed by atoms with van der Waals surface area (Å²) in [6, 6.07) is 11.7. The maximum absolute atomic E-state index is 12.5. The third-order valence-electron chi connectivity index (χ3n) is 4.09. The molecule has 0 spiro atoms. The van der Waals surface area contributed by atoms with Crippen molar-refractivity contribution in [2.75, 3.05) is 14.2 Å². The normalized spacial score (nSPS) is 17.0. The number of likely N-dealkylation sites (N-methyl/N-ethyl adjacent to an activating group) is 1. The molecule has 0 N–H and O–H groups in total. The molecule has 3 rings (SSSR count). The number of aryl methyl sites for hydroxylation is 1. The van der Waals surface area contributed by atoms with E-state index in [1.807, 2.05) is 31.2 Å². The first-order valence-corrected chi connectivity index (χ1v) is 8.93. The molecule has 1 amide bonds. The summed E-state index contributed by atoms with van der Waals surface area (Å²) in [5.41, 5.74) is 2.57. The van der Waals surface area contributed by atoms with Crippen LogP contribution in [-0.2, 0) is 4.79 Å². The molecule has 6 nitrogen and oxygen atoms in total. The van der Waals surface area contributed by atoms with Gasteiger partial charge in [-0.2, -0.15) is 0 Å². The maximum Gasteiger partial charge on any atom is 0.266 e. The van der Waals surface area contributed by atoms with Crippen molar-refractivity contribution in [3.05, 3.63) is 64.1 Å². The van der Waals surface area contributed by atoms with Gasteiger partial charge in [0, 0.05) is 7.05 Å². The maximum atomic E-state index is 12.5. The molecule has 1 aliphatic rings. The zero-order valence-corrected chi connectivity index (χ0v) is 15.9. The van der Waals surface area contributed by atoms with Crippen LogP contribution in [0.3, 0.4) is 0 Å². The number of aliphatic imine (C=N–C) groups is 1. The van der Waals surface area contributed by atoms with E-state index in [9.17, 15) is 14.7 Å². The fourth-order valence-electron chi connectivity index (χ4n) is 2.51. The number of hydrogen-bond acceptors (Lipinski definition) is 6. The molecule has 7 heteroatoms. The van der Waals surface area contributed by atoms with Crippen LogP contribution in [0.1, 0.15) is 21.5 Å². The van der Waals surface area contributed by atoms with E-state index in [0.717, 1.165) is 16.9 Å². The summed E-state index contributed by atoms with van der Waals surface area (Å²) in [5, 5.41) is 11.3. The molecule has 1 heterocycles. The van der Waals surface area contributed by atoms with Crippen LogP contribution >= 0.6 is 11.8 Å². The van der Waals surface area contributed by atoms with Gasteiger partial charge in [-0.25, -0.2) is 4.99 Å². The van der Waals surface area contributed by atoms with Crippen molar-refractivity contribution in [3.8, 4) is 5.75 Å². The summed E-state index contributed by atoms with van der Waals surface area (Å²) in [5.74, 6) is -0.614. The van der Waals surface area contributed by atoms with Gasteiger partial charge in [-0.15, -0.1) is 0 Å². The standard InChI is InChI=1S/C20H18N2O4S/c1-12-10-16(26-3)9-6-14(12)11-17-18(23)22(2)20(27-17)21-15-7-4-13(5-8-15)19(24)25/h4-11H,1-3H3,(H,24,25)/p-1/b17-11-,21-20?. The number of benzene rings is 2. The van der Waals surface area contributed by atoms with Gasteiger partial charge in [-0.1, -0.05) is 18.2 Å². The van der Waals surface area contributed by atoms with E-state index in [1.165, 1.54) is 28.8 Å². The zero-order chi connectivity index (χ0) is 19.6. The molecule has 0 unspecified atom stereocenters. The first-order chi connectivity index (χ1) is 12.9. The lowest BCUT2D eigenvalue weighted by molar-refractivity contribution is -0.255. The minimum Gasteiger partial charge on any atom is -0.545 e. The molecule has 1 fully saturated rings. The molecule has 0 aliphatic carbocycles. The molecule has 2 aromatic carbocycles. The Hall–Kier alpha value is -3.06. The summed E-state index contributed by atoms with van der Waals surface area (Å²) in [7, 11) is 3.27. The highest BCUT2D eigenvalue weighted by atomic mass is 32.2. The molecule has 27 heavy (non-hydrogen) atoms. The summed E-state index contributed by atoms with van der Waals surface area (Å²) in [6.45, 7) is 1.95. The molecule has 1 saturated heterocycles. The van der Waals surface area contributed by atoms with Crippen LogP contribution in [0.2, 0.25) is 0 Å². The van der Waals surface area contributed by atoms with E-state index < -0.39 is 5.97 Å². The fraction of sp³-hybridized carbons (Fsp3) is 0.150. The lowest BCUT2D eigenvalue weighted by Crippen LogP contribution is -2.23. The molecule has 0 saturated carbocycles. The Labute approximate surface area is 161 Å². The van der Waals surface area contributed by atoms with E-state index in [2.05, 4.69) is 4.99 Å². The van der Waals surface area contributed by atoms with Gasteiger partial charge in [0.2, 0.25) is 0 Å². The topological polar surface area (TPSA) is 82.0 Å². The number of thioether (sulfide) groups is 1. The highest BCUT2D eigenvalue weighted by molar-refractivity contribution is 8.18. The third kappa shape index (κ3) is 4.03. The number of carboxylic acid groups (broad SMARTS) is 1. The number of amidine groups is 1. The average molecular weight is 381 g/mol. The SMILES string of the molecule is COc1ccc(/C=C2\SC(=Nc3ccc(C(=O)[O-])cc3)N(C)C2=O)c(C)c1. The van der Waals surface area contributed by atoms with Gasteiger partial charge in [0.1, 0.15) is 5.75 Å². The van der Waals surface area contributed by atoms with Gasteiger partial charge in [-0.05, 0) is 65.7 Å². The zero-order valence-electron chi connectivity index (χ0n) is 15.1. The van der Waals surface area contributed by atoms with Gasteiger partial charge in [0.25, 0.3) is 5.91 Å². The number of amides is 1. The Balaban J connectivity index is 1.87. The Bertz CT molecular complexity index is 964. The number of methoxy groups -OCH3 is 1. The molecule has 0 aromatic heterocycles. The fourth-order valence-corrected chi connectivity index (χ4v) is 3.49. The smallest absolute Gasteiger partial charge is 0.266 e. The van der Waals surface area contributed by atoms with Crippen LogP contribution in [0.25, 0.3) is 6.08 Å². The predicted octanol–water partition coefficient (Wildman–Crippen LogP) is 2.60. The van der Waals surface area contributed by atoms with Crippen molar-refractivity contribution >= 4 is 40.6 Å². The number of ether oxygens (including phenoxy) is 1. The molecule has 0 atom stereocenters. The minimum absolute atomic E-state index is 0.0815. The molecular weight excluding hydrogens is 364 g/mol. The average Bonchev–Trinajstić information content (AvgIpc) is 2.91. The lowest BCUT2D eigenvalue weighted by Gasteiger charge is -2.07. The summed E-state index contributed by atoms with van der Waals surface area (Å²) in [6.07, 6.45) is 1.83. The van der Waals surface area contributed by atoms with Gasteiger partial charge in [0.15, 0.2) is 5.17 Å². The van der Waals surface area contributed by atoms with E-state index in [4.69, 9.17) is 4.74 Å². The van der Waals surface area contributed by atoms with Gasteiger partial charge >= 0.3 is 0 Å². The van der Waals surface area contributed by atoms with Crippen LogP contribution in [0, 0.1) is 6.92 Å². The second-order valence-electron chi connectivity index (χ2n) is 5.93. The number of carbonyl (C=O) groups is 2. The largest absolute Gasteiger partial charge is 0.545 e. The van der Waals surface area contributed by atoms with E-state index >= 15 is 0 Å². The number of hydrogen-bond donors (Lipinski definition) is 0. The molecular formula is C20H17N2O4S-. The van der Waals surface area contributed by atoms with Gasteiger partial charge in [0.05, 0.1) is 23.7 Å². The van der Waals surface area contributed by atoms with Crippen LogP contribution < -0.4 is 9.84 Å². The Kier molecular flexibility index (Phi) is 5.32. The third-order valence-corrected chi connectivity index (χ3v) is 5.16. The van der Waals surface area contributed by atoms with Crippen molar-refractivity contribution in [2.24, 2.45) is 4.99 Å². The van der Waals surface area contributed by atoms with E-state index in [-0.39, 0.29) is 11.5 Å². The number of carbonyl (C=O) groups excluding carboxylic acids is 2. The second kappa shape index (κ2) is 7.67. The summed E-state index contributed by atoms with van der Waals surface area (Å²) < 4.78 is 5.20. The van der Waals surface area contributed by atoms with Crippen molar-refractivity contribution in [3.63, 3.8) is 0 Å². The van der Waals surface area contributed by atoms with Gasteiger partial charge in [-0.3, -0.25) is 9.69 Å². The number of rotatable bonds is 4. The second-order valence-corrected chi connectivity index (χ2v) is 6.94. The number of nitrogens with zero attached hydrogens (tertiary/aromatic N) is 2. The van der Waals surface area contributed by atoms with E-state index in [0.29, 0.717) is 15.8 Å². The van der Waals surface area contributed by atoms with Crippen LogP contribution in [0.15, 0.2) is 52.4 Å². The first kappa shape index (κ1) is 18.7. The van der Waals surface area contributed by atoms with Crippen LogP contribution in [0.5, 0.6) is 5.75 Å².